The zero-order chi connectivity index (χ0) is 21.3. The van der Waals surface area contributed by atoms with E-state index >= 15 is 0 Å². The number of hydrogen-bond acceptors (Lipinski definition) is 2. The molecule has 0 saturated carbocycles. The van der Waals surface area contributed by atoms with Crippen molar-refractivity contribution in [3.05, 3.63) is 63.9 Å². The quantitative estimate of drug-likeness (QED) is 0.641. The second-order valence-corrected chi connectivity index (χ2v) is 7.29. The predicted molar refractivity (Wildman–Crippen MR) is 100 cm³/mol. The predicted octanol–water partition coefficient (Wildman–Crippen LogP) is 5.23. The molecule has 4 nitrogen and oxygen atoms in total. The molecule has 0 fully saturated rings. The third kappa shape index (κ3) is 4.70. The average Bonchev–Trinajstić information content (AvgIpc) is 2.99. The molecule has 2 amide bonds. The highest BCUT2D eigenvalue weighted by Crippen LogP contribution is 2.39. The van der Waals surface area contributed by atoms with Gasteiger partial charge in [-0.25, -0.2) is 4.39 Å². The van der Waals surface area contributed by atoms with Gasteiger partial charge in [-0.3, -0.25) is 9.59 Å². The summed E-state index contributed by atoms with van der Waals surface area (Å²) in [6.07, 6.45) is -5.78. The van der Waals surface area contributed by atoms with Gasteiger partial charge in [-0.1, -0.05) is 24.6 Å². The van der Waals surface area contributed by atoms with Crippen LogP contribution in [0.5, 0.6) is 0 Å². The molecule has 2 aromatic rings. The largest absolute Gasteiger partial charge is 0.389 e. The summed E-state index contributed by atoms with van der Waals surface area (Å²) in [5.41, 5.74) is 1.23. The lowest BCUT2D eigenvalue weighted by Gasteiger charge is -2.19. The Balaban J connectivity index is 1.90. The molecule has 1 heterocycles. The van der Waals surface area contributed by atoms with Crippen LogP contribution in [0.4, 0.5) is 23.2 Å². The highest BCUT2D eigenvalue weighted by Gasteiger charge is 2.34. The number of hydrogen-bond donors (Lipinski definition) is 2. The lowest BCUT2D eigenvalue weighted by molar-refractivity contribution is -0.139. The molecule has 154 valence electrons. The van der Waals surface area contributed by atoms with Gasteiger partial charge >= 0.3 is 6.18 Å². The van der Waals surface area contributed by atoms with E-state index in [9.17, 15) is 27.2 Å². The van der Waals surface area contributed by atoms with Crippen LogP contribution in [-0.2, 0) is 4.79 Å². The standard InChI is InChI=1S/C20H17ClF4N2O2/c1-10(7-8-20(23,24)25)18(28)26-15-4-2-3-12-16(15)17(27-19(12)29)13-9-11(22)5-6-14(13)21/h2-6,9-10,17H,7-8H2,1H3,(H,26,28)(H,27,29)/t10-,17+/m1/s1. The fourth-order valence-corrected chi connectivity index (χ4v) is 3.43. The number of amides is 2. The highest BCUT2D eigenvalue weighted by molar-refractivity contribution is 6.31. The van der Waals surface area contributed by atoms with E-state index in [1.54, 1.807) is 12.1 Å². The smallest absolute Gasteiger partial charge is 0.341 e. The van der Waals surface area contributed by atoms with Crippen LogP contribution < -0.4 is 10.6 Å². The van der Waals surface area contributed by atoms with Crippen molar-refractivity contribution in [1.29, 1.82) is 0 Å². The first-order chi connectivity index (χ1) is 13.6. The van der Waals surface area contributed by atoms with Gasteiger partial charge in [-0.2, -0.15) is 13.2 Å². The second kappa shape index (κ2) is 8.02. The maximum atomic E-state index is 13.7. The summed E-state index contributed by atoms with van der Waals surface area (Å²) in [6, 6.07) is 7.55. The van der Waals surface area contributed by atoms with E-state index in [0.29, 0.717) is 11.1 Å². The minimum atomic E-state index is -4.35. The van der Waals surface area contributed by atoms with Crippen molar-refractivity contribution in [3.63, 3.8) is 0 Å². The Morgan fingerprint density at radius 3 is 2.69 bits per heavy atom. The fraction of sp³-hybridized carbons (Fsp3) is 0.300. The summed E-state index contributed by atoms with van der Waals surface area (Å²) in [6.45, 7) is 1.40. The van der Waals surface area contributed by atoms with Gasteiger partial charge in [0, 0.05) is 39.7 Å². The van der Waals surface area contributed by atoms with Crippen LogP contribution in [0.1, 0.15) is 47.3 Å². The number of benzene rings is 2. The highest BCUT2D eigenvalue weighted by atomic mass is 35.5. The van der Waals surface area contributed by atoms with E-state index in [2.05, 4.69) is 10.6 Å². The van der Waals surface area contributed by atoms with Gasteiger partial charge in [0.1, 0.15) is 5.82 Å². The van der Waals surface area contributed by atoms with Crippen molar-refractivity contribution in [2.24, 2.45) is 5.92 Å². The number of alkyl halides is 3. The van der Waals surface area contributed by atoms with E-state index < -0.39 is 42.2 Å². The van der Waals surface area contributed by atoms with Crippen LogP contribution in [0.3, 0.4) is 0 Å². The molecule has 1 aliphatic rings. The van der Waals surface area contributed by atoms with Gasteiger partial charge in [-0.15, -0.1) is 0 Å². The van der Waals surface area contributed by atoms with E-state index in [1.807, 2.05) is 0 Å². The van der Waals surface area contributed by atoms with Gasteiger partial charge in [0.05, 0.1) is 6.04 Å². The zero-order valence-electron chi connectivity index (χ0n) is 15.2. The van der Waals surface area contributed by atoms with Crippen molar-refractivity contribution in [1.82, 2.24) is 5.32 Å². The first-order valence-corrected chi connectivity index (χ1v) is 9.21. The summed E-state index contributed by atoms with van der Waals surface area (Å²) in [7, 11) is 0. The lowest BCUT2D eigenvalue weighted by Crippen LogP contribution is -2.24. The Morgan fingerprint density at radius 1 is 1.28 bits per heavy atom. The van der Waals surface area contributed by atoms with Gasteiger partial charge in [-0.05, 0) is 36.8 Å². The van der Waals surface area contributed by atoms with Crippen molar-refractivity contribution in [2.75, 3.05) is 5.32 Å². The molecule has 0 aliphatic carbocycles. The second-order valence-electron chi connectivity index (χ2n) is 6.88. The monoisotopic (exact) mass is 428 g/mol. The van der Waals surface area contributed by atoms with Gasteiger partial charge < -0.3 is 10.6 Å². The van der Waals surface area contributed by atoms with Gasteiger partial charge in [0.15, 0.2) is 0 Å². The molecular weight excluding hydrogens is 412 g/mol. The number of carbonyl (C=O) groups excluding carboxylic acids is 2. The fourth-order valence-electron chi connectivity index (χ4n) is 3.20. The Kier molecular flexibility index (Phi) is 5.84. The third-order valence-electron chi connectivity index (χ3n) is 4.75. The Hall–Kier alpha value is -2.61. The minimum Gasteiger partial charge on any atom is -0.341 e. The van der Waals surface area contributed by atoms with Crippen molar-refractivity contribution >= 4 is 29.1 Å². The summed E-state index contributed by atoms with van der Waals surface area (Å²) < 4.78 is 51.0. The van der Waals surface area contributed by atoms with Gasteiger partial charge in [0.2, 0.25) is 5.91 Å². The minimum absolute atomic E-state index is 0.226. The summed E-state index contributed by atoms with van der Waals surface area (Å²) in [5, 5.41) is 5.52. The summed E-state index contributed by atoms with van der Waals surface area (Å²) in [4.78, 5) is 24.7. The van der Waals surface area contributed by atoms with Crippen LogP contribution in [0.15, 0.2) is 36.4 Å². The zero-order valence-corrected chi connectivity index (χ0v) is 16.0. The van der Waals surface area contributed by atoms with Crippen molar-refractivity contribution < 1.29 is 27.2 Å². The molecule has 0 unspecified atom stereocenters. The molecule has 2 aromatic carbocycles. The van der Waals surface area contributed by atoms with E-state index in [4.69, 9.17) is 11.6 Å². The SMILES string of the molecule is C[C@H](CCC(F)(F)F)C(=O)Nc1cccc2c1[C@H](c1cc(F)ccc1Cl)NC2=O. The number of nitrogens with one attached hydrogen (secondary N) is 2. The molecule has 0 spiro atoms. The van der Waals surface area contributed by atoms with Crippen LogP contribution >= 0.6 is 11.6 Å². The molecule has 29 heavy (non-hydrogen) atoms. The number of rotatable bonds is 5. The van der Waals surface area contributed by atoms with Crippen molar-refractivity contribution in [3.8, 4) is 0 Å². The van der Waals surface area contributed by atoms with E-state index in [-0.39, 0.29) is 22.7 Å². The first kappa shape index (κ1) is 21.1. The molecule has 9 heteroatoms. The molecule has 1 aliphatic heterocycles. The van der Waals surface area contributed by atoms with E-state index in [0.717, 1.165) is 0 Å². The molecule has 2 N–H and O–H groups in total. The average molecular weight is 429 g/mol. The molecule has 0 aromatic heterocycles. The van der Waals surface area contributed by atoms with Crippen molar-refractivity contribution in [2.45, 2.75) is 32.0 Å². The Morgan fingerprint density at radius 2 is 2.00 bits per heavy atom. The number of anilines is 1. The molecule has 0 bridgehead atoms. The first-order valence-electron chi connectivity index (χ1n) is 8.83. The molecule has 0 radical (unpaired) electrons. The molecule has 3 rings (SSSR count). The lowest BCUT2D eigenvalue weighted by atomic mass is 9.95. The Labute approximate surface area is 169 Å². The molecular formula is C20H17ClF4N2O2. The summed E-state index contributed by atoms with van der Waals surface area (Å²) in [5.74, 6) is -2.47. The number of halogens is 5. The number of fused-ring (bicyclic) bond motifs is 1. The van der Waals surface area contributed by atoms with E-state index in [1.165, 1.54) is 31.2 Å². The van der Waals surface area contributed by atoms with Crippen LogP contribution in [0.2, 0.25) is 5.02 Å². The number of carbonyl (C=O) groups is 2. The maximum Gasteiger partial charge on any atom is 0.389 e. The molecule has 0 saturated heterocycles. The normalized spacial score (nSPS) is 16.9. The topological polar surface area (TPSA) is 58.2 Å². The maximum absolute atomic E-state index is 13.7. The van der Waals surface area contributed by atoms with Gasteiger partial charge in [0.25, 0.3) is 5.91 Å². The summed E-state index contributed by atoms with van der Waals surface area (Å²) >= 11 is 6.17. The third-order valence-corrected chi connectivity index (χ3v) is 5.09. The Bertz CT molecular complexity index is 962. The van der Waals surface area contributed by atoms with Crippen LogP contribution in [0.25, 0.3) is 0 Å². The van der Waals surface area contributed by atoms with Crippen LogP contribution in [0, 0.1) is 11.7 Å². The van der Waals surface area contributed by atoms with Crippen LogP contribution in [-0.4, -0.2) is 18.0 Å². The molecule has 2 atom stereocenters.